The third kappa shape index (κ3) is 4.61. The lowest BCUT2D eigenvalue weighted by Crippen LogP contribution is -2.48. The van der Waals surface area contributed by atoms with Crippen LogP contribution in [0.3, 0.4) is 0 Å². The minimum atomic E-state index is -0.749. The Morgan fingerprint density at radius 2 is 1.65 bits per heavy atom. The Hall–Kier alpha value is -5.06. The Bertz CT molecular complexity index is 1750. The summed E-state index contributed by atoms with van der Waals surface area (Å²) in [6, 6.07) is 19.9. The summed E-state index contributed by atoms with van der Waals surface area (Å²) in [5.41, 5.74) is 5.27. The average Bonchev–Trinajstić information content (AvgIpc) is 3.36. The molecule has 3 aromatic heterocycles. The Balaban J connectivity index is 1.40. The first-order chi connectivity index (χ1) is 18.0. The van der Waals surface area contributed by atoms with E-state index in [1.807, 2.05) is 55.5 Å². The number of nitrogens with zero attached hydrogens (tertiary/aromatic N) is 5. The maximum atomic E-state index is 13.3. The maximum Gasteiger partial charge on any atom is 0.333 e. The van der Waals surface area contributed by atoms with Gasteiger partial charge in [-0.1, -0.05) is 54.6 Å². The van der Waals surface area contributed by atoms with Gasteiger partial charge >= 0.3 is 5.69 Å². The highest BCUT2D eigenvalue weighted by Gasteiger charge is 2.20. The lowest BCUT2D eigenvalue weighted by Gasteiger charge is -2.13. The monoisotopic (exact) mass is 497 g/mol. The summed E-state index contributed by atoms with van der Waals surface area (Å²) in [5.74, 6) is -1.38. The third-order valence-corrected chi connectivity index (χ3v) is 5.96. The number of fused-ring (bicyclic) bond motifs is 2. The fourth-order valence-corrected chi connectivity index (χ4v) is 4.09. The van der Waals surface area contributed by atoms with E-state index in [1.54, 1.807) is 16.7 Å². The fourth-order valence-electron chi connectivity index (χ4n) is 4.09. The van der Waals surface area contributed by atoms with Gasteiger partial charge in [-0.25, -0.2) is 19.3 Å². The summed E-state index contributed by atoms with van der Waals surface area (Å²) in [4.78, 5) is 60.3. The zero-order chi connectivity index (χ0) is 25.9. The van der Waals surface area contributed by atoms with Crippen molar-refractivity contribution in [2.75, 3.05) is 0 Å². The topological polar surface area (TPSA) is 133 Å². The quantitative estimate of drug-likeness (QED) is 0.341. The van der Waals surface area contributed by atoms with Crippen molar-refractivity contribution in [3.05, 3.63) is 105 Å². The zero-order valence-electron chi connectivity index (χ0n) is 19.9. The number of pyridine rings is 1. The van der Waals surface area contributed by atoms with Gasteiger partial charge in [-0.2, -0.15) is 0 Å². The Labute approximate surface area is 210 Å². The van der Waals surface area contributed by atoms with Gasteiger partial charge in [0, 0.05) is 11.9 Å². The van der Waals surface area contributed by atoms with Gasteiger partial charge < -0.3 is 4.57 Å². The van der Waals surface area contributed by atoms with Gasteiger partial charge in [0.1, 0.15) is 12.2 Å². The normalized spacial score (nSPS) is 11.1. The molecule has 5 aromatic rings. The molecule has 0 atom stereocenters. The number of carbonyl (C=O) groups is 2. The SMILES string of the molecule is CCn1cnc2c1c(=O)n(CC(=O)NNC(=O)c1ccc3ccccc3n1)c(=O)n2Cc1ccccc1. The van der Waals surface area contributed by atoms with Crippen molar-refractivity contribution < 1.29 is 9.59 Å². The van der Waals surface area contributed by atoms with Crippen LogP contribution in [0.1, 0.15) is 23.0 Å². The standard InChI is InChI=1S/C26H23N7O4/c1-2-31-16-27-23-22(31)25(36)33(26(37)32(23)14-17-8-4-3-5-9-17)15-21(34)29-30-24(35)20-13-12-18-10-6-7-11-19(18)28-20/h3-13,16H,2,14-15H2,1H3,(H,29,34)(H,30,35). The minimum Gasteiger partial charge on any atom is -0.325 e. The van der Waals surface area contributed by atoms with Crippen molar-refractivity contribution in [1.82, 2.24) is 34.5 Å². The van der Waals surface area contributed by atoms with Gasteiger partial charge in [-0.15, -0.1) is 0 Å². The number of benzene rings is 2. The fraction of sp³-hybridized carbons (Fsp3) is 0.154. The number of rotatable bonds is 6. The van der Waals surface area contributed by atoms with Gasteiger partial charge in [0.05, 0.1) is 18.4 Å². The summed E-state index contributed by atoms with van der Waals surface area (Å²) in [5, 5.41) is 0.871. The molecule has 2 N–H and O–H groups in total. The van der Waals surface area contributed by atoms with Crippen molar-refractivity contribution in [3.8, 4) is 0 Å². The second kappa shape index (κ2) is 9.90. The lowest BCUT2D eigenvalue weighted by atomic mass is 10.2. The first-order valence-corrected chi connectivity index (χ1v) is 11.6. The predicted molar refractivity (Wildman–Crippen MR) is 137 cm³/mol. The molecule has 2 aromatic carbocycles. The van der Waals surface area contributed by atoms with Crippen LogP contribution in [0.25, 0.3) is 22.1 Å². The summed E-state index contributed by atoms with van der Waals surface area (Å²) in [7, 11) is 0. The van der Waals surface area contributed by atoms with Gasteiger partial charge in [0.15, 0.2) is 11.2 Å². The maximum absolute atomic E-state index is 13.3. The second-order valence-electron chi connectivity index (χ2n) is 8.34. The number of amides is 2. The number of nitrogens with one attached hydrogen (secondary N) is 2. The first-order valence-electron chi connectivity index (χ1n) is 11.6. The van der Waals surface area contributed by atoms with Crippen molar-refractivity contribution >= 4 is 33.9 Å². The molecule has 5 rings (SSSR count). The van der Waals surface area contributed by atoms with Crippen LogP contribution in [0.4, 0.5) is 0 Å². The molecule has 11 heteroatoms. The second-order valence-corrected chi connectivity index (χ2v) is 8.34. The van der Waals surface area contributed by atoms with Crippen LogP contribution in [-0.2, 0) is 24.4 Å². The molecule has 2 amide bonds. The summed E-state index contributed by atoms with van der Waals surface area (Å²) < 4.78 is 3.83. The van der Waals surface area contributed by atoms with Crippen LogP contribution in [0.15, 0.2) is 82.6 Å². The van der Waals surface area contributed by atoms with Crippen LogP contribution in [0, 0.1) is 0 Å². The average molecular weight is 498 g/mol. The number of aromatic nitrogens is 5. The third-order valence-electron chi connectivity index (χ3n) is 5.96. The van der Waals surface area contributed by atoms with Crippen LogP contribution >= 0.6 is 0 Å². The van der Waals surface area contributed by atoms with Gasteiger partial charge in [0.2, 0.25) is 0 Å². The molecule has 0 saturated heterocycles. The first kappa shape index (κ1) is 23.7. The molecule has 0 radical (unpaired) electrons. The van der Waals surface area contributed by atoms with E-state index in [1.165, 1.54) is 17.0 Å². The number of carbonyl (C=O) groups excluding carboxylic acids is 2. The predicted octanol–water partition coefficient (Wildman–Crippen LogP) is 1.44. The van der Waals surface area contributed by atoms with Crippen molar-refractivity contribution in [1.29, 1.82) is 0 Å². The molecule has 0 aliphatic rings. The molecule has 186 valence electrons. The lowest BCUT2D eigenvalue weighted by molar-refractivity contribution is -0.122. The Kier molecular flexibility index (Phi) is 6.33. The van der Waals surface area contributed by atoms with Crippen LogP contribution in [0.5, 0.6) is 0 Å². The van der Waals surface area contributed by atoms with E-state index in [0.717, 1.165) is 15.5 Å². The van der Waals surface area contributed by atoms with Crippen LogP contribution < -0.4 is 22.1 Å². The Morgan fingerprint density at radius 3 is 2.43 bits per heavy atom. The molecular weight excluding hydrogens is 474 g/mol. The van der Waals surface area contributed by atoms with Crippen molar-refractivity contribution in [2.45, 2.75) is 26.6 Å². The molecular formula is C26H23N7O4. The van der Waals surface area contributed by atoms with E-state index in [9.17, 15) is 19.2 Å². The molecule has 0 bridgehead atoms. The molecule has 0 saturated carbocycles. The van der Waals surface area contributed by atoms with Gasteiger partial charge in [-0.3, -0.25) is 29.8 Å². The van der Waals surface area contributed by atoms with Crippen molar-refractivity contribution in [2.24, 2.45) is 0 Å². The van der Waals surface area contributed by atoms with E-state index in [4.69, 9.17) is 0 Å². The number of para-hydroxylation sites is 1. The van der Waals surface area contributed by atoms with E-state index < -0.39 is 29.6 Å². The molecule has 37 heavy (non-hydrogen) atoms. The number of imidazole rings is 1. The number of hydrazine groups is 1. The van der Waals surface area contributed by atoms with E-state index >= 15 is 0 Å². The van der Waals surface area contributed by atoms with E-state index in [2.05, 4.69) is 20.8 Å². The Morgan fingerprint density at radius 1 is 0.892 bits per heavy atom. The summed E-state index contributed by atoms with van der Waals surface area (Å²) >= 11 is 0. The summed E-state index contributed by atoms with van der Waals surface area (Å²) in [6.07, 6.45) is 1.49. The van der Waals surface area contributed by atoms with Gasteiger partial charge in [0.25, 0.3) is 17.4 Å². The highest BCUT2D eigenvalue weighted by atomic mass is 16.2. The van der Waals surface area contributed by atoms with Crippen LogP contribution in [-0.4, -0.2) is 35.5 Å². The van der Waals surface area contributed by atoms with E-state index in [-0.39, 0.29) is 23.4 Å². The molecule has 11 nitrogen and oxygen atoms in total. The molecule has 0 fully saturated rings. The minimum absolute atomic E-state index is 0.106. The largest absolute Gasteiger partial charge is 0.333 e. The zero-order valence-corrected chi connectivity index (χ0v) is 19.9. The molecule has 0 aliphatic heterocycles. The number of hydrogen-bond acceptors (Lipinski definition) is 6. The molecule has 0 unspecified atom stereocenters. The highest BCUT2D eigenvalue weighted by molar-refractivity contribution is 5.95. The van der Waals surface area contributed by atoms with E-state index in [0.29, 0.717) is 12.1 Å². The molecule has 3 heterocycles. The molecule has 0 spiro atoms. The van der Waals surface area contributed by atoms with Crippen LogP contribution in [0.2, 0.25) is 0 Å². The van der Waals surface area contributed by atoms with Crippen molar-refractivity contribution in [3.63, 3.8) is 0 Å². The smallest absolute Gasteiger partial charge is 0.325 e. The van der Waals surface area contributed by atoms with Gasteiger partial charge in [-0.05, 0) is 24.6 Å². The molecule has 0 aliphatic carbocycles. The number of hydrogen-bond donors (Lipinski definition) is 2. The highest BCUT2D eigenvalue weighted by Crippen LogP contribution is 2.12. The summed E-state index contributed by atoms with van der Waals surface area (Å²) in [6.45, 7) is 1.88. The number of aryl methyl sites for hydroxylation is 1.